The van der Waals surface area contributed by atoms with Crippen LogP contribution in [-0.4, -0.2) is 31.2 Å². The van der Waals surface area contributed by atoms with Crippen LogP contribution < -0.4 is 11.1 Å². The zero-order valence-electron chi connectivity index (χ0n) is 8.95. The number of hydrogen-bond donors (Lipinski definition) is 2. The molecule has 0 radical (unpaired) electrons. The second-order valence-corrected chi connectivity index (χ2v) is 3.96. The number of carbonyl (C=O) groups is 1. The van der Waals surface area contributed by atoms with Gasteiger partial charge in [0.2, 0.25) is 5.91 Å². The fraction of sp³-hybridized carbons (Fsp3) is 0.900. The summed E-state index contributed by atoms with van der Waals surface area (Å²) in [6, 6.07) is 0.00648. The van der Waals surface area contributed by atoms with Crippen LogP contribution in [0.15, 0.2) is 0 Å². The Morgan fingerprint density at radius 2 is 2.14 bits per heavy atom. The number of nitrogens with two attached hydrogens (primary N) is 1. The summed E-state index contributed by atoms with van der Waals surface area (Å²) < 4.78 is 5.37. The zero-order valence-corrected chi connectivity index (χ0v) is 8.95. The Morgan fingerprint density at radius 3 is 2.71 bits per heavy atom. The summed E-state index contributed by atoms with van der Waals surface area (Å²) in [4.78, 5) is 10.9. The fourth-order valence-electron chi connectivity index (χ4n) is 1.97. The van der Waals surface area contributed by atoms with Gasteiger partial charge in [0.05, 0.1) is 12.1 Å². The van der Waals surface area contributed by atoms with Crippen molar-refractivity contribution in [1.29, 1.82) is 0 Å². The van der Waals surface area contributed by atoms with Crippen molar-refractivity contribution < 1.29 is 9.53 Å². The Morgan fingerprint density at radius 1 is 1.50 bits per heavy atom. The van der Waals surface area contributed by atoms with Gasteiger partial charge in [0.25, 0.3) is 0 Å². The molecule has 1 aliphatic rings. The van der Waals surface area contributed by atoms with Crippen molar-refractivity contribution in [2.75, 3.05) is 7.11 Å². The molecule has 1 saturated carbocycles. The number of amides is 1. The lowest BCUT2D eigenvalue weighted by Crippen LogP contribution is -2.51. The predicted octanol–water partition coefficient (Wildman–Crippen LogP) is 0.407. The summed E-state index contributed by atoms with van der Waals surface area (Å²) in [5, 5.41) is 3.22. The lowest BCUT2D eigenvalue weighted by molar-refractivity contribution is -0.120. The van der Waals surface area contributed by atoms with Gasteiger partial charge in [-0.3, -0.25) is 4.79 Å². The summed E-state index contributed by atoms with van der Waals surface area (Å²) in [5.74, 6) is -0.301. The average Bonchev–Trinajstić information content (AvgIpc) is 2.18. The topological polar surface area (TPSA) is 64.3 Å². The first-order chi connectivity index (χ1) is 6.65. The van der Waals surface area contributed by atoms with Crippen LogP contribution in [0.4, 0.5) is 0 Å². The third-order valence-electron chi connectivity index (χ3n) is 2.90. The molecule has 1 rings (SSSR count). The molecule has 0 aromatic heterocycles. The van der Waals surface area contributed by atoms with Crippen LogP contribution in [0.25, 0.3) is 0 Å². The molecule has 14 heavy (non-hydrogen) atoms. The number of methoxy groups -OCH3 is 1. The third-order valence-corrected chi connectivity index (χ3v) is 2.90. The summed E-state index contributed by atoms with van der Waals surface area (Å²) in [5.41, 5.74) is 5.20. The van der Waals surface area contributed by atoms with Crippen molar-refractivity contribution in [3.63, 3.8) is 0 Å². The van der Waals surface area contributed by atoms with Crippen molar-refractivity contribution >= 4 is 5.91 Å². The van der Waals surface area contributed by atoms with Gasteiger partial charge in [-0.1, -0.05) is 12.8 Å². The smallest absolute Gasteiger partial charge is 0.234 e. The highest BCUT2D eigenvalue weighted by atomic mass is 16.5. The largest absolute Gasteiger partial charge is 0.380 e. The van der Waals surface area contributed by atoms with E-state index in [9.17, 15) is 4.79 Å². The van der Waals surface area contributed by atoms with Gasteiger partial charge in [-0.05, 0) is 19.8 Å². The van der Waals surface area contributed by atoms with Crippen LogP contribution >= 0.6 is 0 Å². The molecule has 0 saturated heterocycles. The van der Waals surface area contributed by atoms with Crippen LogP contribution in [0.1, 0.15) is 32.6 Å². The minimum absolute atomic E-state index is 0.227. The van der Waals surface area contributed by atoms with E-state index in [0.717, 1.165) is 12.8 Å². The van der Waals surface area contributed by atoms with Crippen molar-refractivity contribution in [3.05, 3.63) is 0 Å². The normalized spacial score (nSPS) is 29.9. The van der Waals surface area contributed by atoms with Crippen LogP contribution in [-0.2, 0) is 9.53 Å². The SMILES string of the molecule is COC1CCCCC1NC(C)C(N)=O. The van der Waals surface area contributed by atoms with Gasteiger partial charge >= 0.3 is 0 Å². The Labute approximate surface area is 85.2 Å². The molecule has 4 heteroatoms. The summed E-state index contributed by atoms with van der Waals surface area (Å²) in [6.07, 6.45) is 4.77. The molecule has 1 aliphatic carbocycles. The van der Waals surface area contributed by atoms with Gasteiger partial charge < -0.3 is 15.8 Å². The van der Waals surface area contributed by atoms with Crippen molar-refractivity contribution in [1.82, 2.24) is 5.32 Å². The highest BCUT2D eigenvalue weighted by molar-refractivity contribution is 5.79. The lowest BCUT2D eigenvalue weighted by Gasteiger charge is -2.32. The number of rotatable bonds is 4. The Balaban J connectivity index is 2.44. The number of hydrogen-bond acceptors (Lipinski definition) is 3. The molecule has 1 fully saturated rings. The van der Waals surface area contributed by atoms with Crippen molar-refractivity contribution in [2.24, 2.45) is 5.73 Å². The van der Waals surface area contributed by atoms with E-state index in [2.05, 4.69) is 5.32 Å². The van der Waals surface area contributed by atoms with E-state index in [1.807, 2.05) is 0 Å². The average molecular weight is 200 g/mol. The molecule has 0 spiro atoms. The molecule has 3 N–H and O–H groups in total. The van der Waals surface area contributed by atoms with Gasteiger partial charge in [-0.25, -0.2) is 0 Å². The number of primary amides is 1. The fourth-order valence-corrected chi connectivity index (χ4v) is 1.97. The molecular weight excluding hydrogens is 180 g/mol. The second-order valence-electron chi connectivity index (χ2n) is 3.96. The summed E-state index contributed by atoms with van der Waals surface area (Å²) >= 11 is 0. The molecule has 0 aromatic carbocycles. The first-order valence-electron chi connectivity index (χ1n) is 5.23. The first-order valence-corrected chi connectivity index (χ1v) is 5.23. The molecule has 3 atom stereocenters. The van der Waals surface area contributed by atoms with Crippen molar-refractivity contribution in [2.45, 2.75) is 50.8 Å². The molecule has 0 aliphatic heterocycles. The quantitative estimate of drug-likeness (QED) is 0.690. The Hall–Kier alpha value is -0.610. The minimum atomic E-state index is -0.301. The zero-order chi connectivity index (χ0) is 10.6. The van der Waals surface area contributed by atoms with Gasteiger partial charge in [0, 0.05) is 13.2 Å². The molecule has 0 aromatic rings. The first kappa shape index (κ1) is 11.5. The van der Waals surface area contributed by atoms with E-state index >= 15 is 0 Å². The third kappa shape index (κ3) is 2.96. The molecule has 1 amide bonds. The van der Waals surface area contributed by atoms with Gasteiger partial charge in [-0.15, -0.1) is 0 Å². The maximum atomic E-state index is 10.9. The lowest BCUT2D eigenvalue weighted by atomic mass is 9.92. The molecule has 82 valence electrons. The van der Waals surface area contributed by atoms with E-state index in [4.69, 9.17) is 10.5 Å². The Bertz CT molecular complexity index is 197. The predicted molar refractivity (Wildman–Crippen MR) is 54.8 cm³/mol. The van der Waals surface area contributed by atoms with Crippen LogP contribution in [0.2, 0.25) is 0 Å². The highest BCUT2D eigenvalue weighted by Crippen LogP contribution is 2.20. The standard InChI is InChI=1S/C10H20N2O2/c1-7(10(11)13)12-8-5-3-4-6-9(8)14-2/h7-9,12H,3-6H2,1-2H3,(H2,11,13). The van der Waals surface area contributed by atoms with E-state index in [-0.39, 0.29) is 24.1 Å². The number of ether oxygens (including phenoxy) is 1. The molecule has 3 unspecified atom stereocenters. The van der Waals surface area contributed by atoms with E-state index < -0.39 is 0 Å². The van der Waals surface area contributed by atoms with Gasteiger partial charge in [0.1, 0.15) is 0 Å². The molecule has 0 bridgehead atoms. The van der Waals surface area contributed by atoms with Crippen LogP contribution in [0.5, 0.6) is 0 Å². The monoisotopic (exact) mass is 200 g/mol. The summed E-state index contributed by atoms with van der Waals surface area (Å²) in [6.45, 7) is 1.80. The van der Waals surface area contributed by atoms with Gasteiger partial charge in [0.15, 0.2) is 0 Å². The van der Waals surface area contributed by atoms with Crippen molar-refractivity contribution in [3.8, 4) is 0 Å². The Kier molecular flexibility index (Phi) is 4.35. The molecular formula is C10H20N2O2. The number of carbonyl (C=O) groups excluding carboxylic acids is 1. The van der Waals surface area contributed by atoms with Crippen LogP contribution in [0, 0.1) is 0 Å². The van der Waals surface area contributed by atoms with E-state index in [0.29, 0.717) is 0 Å². The van der Waals surface area contributed by atoms with Crippen LogP contribution in [0.3, 0.4) is 0 Å². The van der Waals surface area contributed by atoms with E-state index in [1.54, 1.807) is 14.0 Å². The highest BCUT2D eigenvalue weighted by Gasteiger charge is 2.26. The minimum Gasteiger partial charge on any atom is -0.380 e. The summed E-state index contributed by atoms with van der Waals surface area (Å²) in [7, 11) is 1.72. The molecule has 0 heterocycles. The maximum absolute atomic E-state index is 10.9. The number of nitrogens with one attached hydrogen (secondary N) is 1. The second kappa shape index (κ2) is 5.32. The maximum Gasteiger partial charge on any atom is 0.234 e. The molecule has 4 nitrogen and oxygen atoms in total. The van der Waals surface area contributed by atoms with Gasteiger partial charge in [-0.2, -0.15) is 0 Å². The van der Waals surface area contributed by atoms with E-state index in [1.165, 1.54) is 12.8 Å².